The van der Waals surface area contributed by atoms with Crippen LogP contribution in [0.25, 0.3) is 0 Å². The second-order valence-electron chi connectivity index (χ2n) is 5.08. The van der Waals surface area contributed by atoms with E-state index in [0.717, 1.165) is 18.5 Å². The lowest BCUT2D eigenvalue weighted by Gasteiger charge is -2.15. The Bertz CT molecular complexity index is 327. The Morgan fingerprint density at radius 3 is 2.21 bits per heavy atom. The highest BCUT2D eigenvalue weighted by Crippen LogP contribution is 2.09. The van der Waals surface area contributed by atoms with E-state index in [4.69, 9.17) is 0 Å². The lowest BCUT2D eigenvalue weighted by molar-refractivity contribution is 0.268. The van der Waals surface area contributed by atoms with Crippen LogP contribution in [-0.4, -0.2) is 11.6 Å². The number of unbranched alkanes of at least 4 members (excludes halogenated alkanes) is 6. The van der Waals surface area contributed by atoms with Crippen LogP contribution in [0, 0.1) is 4.91 Å². The van der Waals surface area contributed by atoms with Gasteiger partial charge in [-0.3, -0.25) is 5.01 Å². The number of rotatable bonds is 11. The first-order valence-electron chi connectivity index (χ1n) is 7.49. The first-order valence-corrected chi connectivity index (χ1v) is 7.49. The molecule has 0 aliphatic heterocycles. The largest absolute Gasteiger partial charge is 0.256 e. The molecule has 0 fully saturated rings. The quantitative estimate of drug-likeness (QED) is 0.322. The Labute approximate surface area is 117 Å². The third-order valence-electron chi connectivity index (χ3n) is 3.34. The minimum Gasteiger partial charge on any atom is -0.256 e. The smallest absolute Gasteiger partial charge is 0.0642 e. The second-order valence-corrected chi connectivity index (χ2v) is 5.08. The van der Waals surface area contributed by atoms with Crippen molar-refractivity contribution in [2.24, 2.45) is 5.29 Å². The van der Waals surface area contributed by atoms with Crippen molar-refractivity contribution in [3.8, 4) is 0 Å². The normalized spacial score (nSPS) is 10.4. The van der Waals surface area contributed by atoms with Crippen LogP contribution in [0.5, 0.6) is 0 Å². The maximum absolute atomic E-state index is 10.8. The molecule has 0 spiro atoms. The van der Waals surface area contributed by atoms with E-state index >= 15 is 0 Å². The molecule has 0 saturated carbocycles. The molecule has 1 aromatic rings. The van der Waals surface area contributed by atoms with E-state index in [1.807, 2.05) is 30.3 Å². The Balaban J connectivity index is 2.10. The highest BCUT2D eigenvalue weighted by molar-refractivity contribution is 5.14. The molecule has 0 N–H and O–H groups in total. The van der Waals surface area contributed by atoms with Gasteiger partial charge in [0.2, 0.25) is 0 Å². The van der Waals surface area contributed by atoms with E-state index in [0.29, 0.717) is 6.54 Å². The van der Waals surface area contributed by atoms with Crippen molar-refractivity contribution in [3.63, 3.8) is 0 Å². The molecule has 19 heavy (non-hydrogen) atoms. The molecule has 0 radical (unpaired) electrons. The van der Waals surface area contributed by atoms with Gasteiger partial charge in [0, 0.05) is 6.54 Å². The second kappa shape index (κ2) is 10.5. The van der Waals surface area contributed by atoms with Crippen LogP contribution in [0.4, 0.5) is 0 Å². The van der Waals surface area contributed by atoms with Crippen LogP contribution >= 0.6 is 0 Å². The fourth-order valence-corrected chi connectivity index (χ4v) is 2.19. The van der Waals surface area contributed by atoms with Gasteiger partial charge in [0.1, 0.15) is 0 Å². The van der Waals surface area contributed by atoms with E-state index in [1.165, 1.54) is 38.5 Å². The molecule has 106 valence electrons. The van der Waals surface area contributed by atoms with Gasteiger partial charge in [0.15, 0.2) is 0 Å². The number of hydrogen-bond acceptors (Lipinski definition) is 2. The van der Waals surface area contributed by atoms with Crippen molar-refractivity contribution in [1.82, 2.24) is 5.01 Å². The molecule has 0 aliphatic rings. The molecule has 0 atom stereocenters. The number of nitrogens with zero attached hydrogens (tertiary/aromatic N) is 2. The molecule has 0 bridgehead atoms. The Hall–Kier alpha value is -1.38. The zero-order valence-corrected chi connectivity index (χ0v) is 12.1. The molecule has 0 amide bonds. The maximum atomic E-state index is 10.8. The molecule has 3 nitrogen and oxygen atoms in total. The van der Waals surface area contributed by atoms with Gasteiger partial charge in [-0.2, -0.15) is 0 Å². The summed E-state index contributed by atoms with van der Waals surface area (Å²) < 4.78 is 0. The van der Waals surface area contributed by atoms with Gasteiger partial charge < -0.3 is 0 Å². The third-order valence-corrected chi connectivity index (χ3v) is 3.34. The van der Waals surface area contributed by atoms with Crippen LogP contribution in [-0.2, 0) is 6.54 Å². The lowest BCUT2D eigenvalue weighted by atomic mass is 10.1. The summed E-state index contributed by atoms with van der Waals surface area (Å²) in [4.78, 5) is 10.8. The summed E-state index contributed by atoms with van der Waals surface area (Å²) in [6.07, 6.45) is 8.83. The van der Waals surface area contributed by atoms with Crippen molar-refractivity contribution >= 4 is 0 Å². The predicted octanol–water partition coefficient (Wildman–Crippen LogP) is 4.92. The first kappa shape index (κ1) is 15.7. The average molecular weight is 262 g/mol. The van der Waals surface area contributed by atoms with Gasteiger partial charge in [0.05, 0.1) is 11.8 Å². The average Bonchev–Trinajstić information content (AvgIpc) is 2.46. The molecule has 3 heteroatoms. The molecular formula is C16H26N2O. The first-order chi connectivity index (χ1) is 9.36. The van der Waals surface area contributed by atoms with Gasteiger partial charge >= 0.3 is 0 Å². The highest BCUT2D eigenvalue weighted by atomic mass is 16.3. The molecule has 0 saturated heterocycles. The van der Waals surface area contributed by atoms with Crippen molar-refractivity contribution < 1.29 is 0 Å². The summed E-state index contributed by atoms with van der Waals surface area (Å²) >= 11 is 0. The number of nitroso groups, excluding NO2 is 1. The highest BCUT2D eigenvalue weighted by Gasteiger charge is 2.03. The van der Waals surface area contributed by atoms with Crippen LogP contribution in [0.2, 0.25) is 0 Å². The monoisotopic (exact) mass is 262 g/mol. The fourth-order valence-electron chi connectivity index (χ4n) is 2.19. The van der Waals surface area contributed by atoms with Crippen molar-refractivity contribution in [3.05, 3.63) is 40.8 Å². The third kappa shape index (κ3) is 7.60. The molecule has 1 aromatic carbocycles. The Morgan fingerprint density at radius 2 is 1.58 bits per heavy atom. The van der Waals surface area contributed by atoms with E-state index < -0.39 is 0 Å². The van der Waals surface area contributed by atoms with Gasteiger partial charge in [-0.1, -0.05) is 75.8 Å². The molecular weight excluding hydrogens is 236 g/mol. The van der Waals surface area contributed by atoms with Gasteiger partial charge in [-0.05, 0) is 12.0 Å². The van der Waals surface area contributed by atoms with E-state index in [2.05, 4.69) is 12.2 Å². The van der Waals surface area contributed by atoms with Gasteiger partial charge in [-0.25, -0.2) is 0 Å². The van der Waals surface area contributed by atoms with Gasteiger partial charge in [-0.15, -0.1) is 4.91 Å². The van der Waals surface area contributed by atoms with Crippen molar-refractivity contribution in [1.29, 1.82) is 0 Å². The van der Waals surface area contributed by atoms with Crippen molar-refractivity contribution in [2.75, 3.05) is 6.54 Å². The SMILES string of the molecule is CCCCCCCCCN(Cc1ccccc1)N=O. The summed E-state index contributed by atoms with van der Waals surface area (Å²) in [6.45, 7) is 3.63. The number of benzene rings is 1. The maximum Gasteiger partial charge on any atom is 0.0642 e. The van der Waals surface area contributed by atoms with Crippen LogP contribution < -0.4 is 0 Å². The van der Waals surface area contributed by atoms with Crippen LogP contribution in [0.3, 0.4) is 0 Å². The predicted molar refractivity (Wildman–Crippen MR) is 80.6 cm³/mol. The lowest BCUT2D eigenvalue weighted by Crippen LogP contribution is -2.17. The minimum absolute atomic E-state index is 0.625. The van der Waals surface area contributed by atoms with E-state index in [-0.39, 0.29) is 0 Å². The molecule has 0 unspecified atom stereocenters. The standard InChI is InChI=1S/C16H26N2O/c1-2-3-4-5-6-7-11-14-18(17-19)15-16-12-9-8-10-13-16/h8-10,12-13H,2-7,11,14-15H2,1H3. The zero-order valence-electron chi connectivity index (χ0n) is 12.1. The van der Waals surface area contributed by atoms with Gasteiger partial charge in [0.25, 0.3) is 0 Å². The summed E-state index contributed by atoms with van der Waals surface area (Å²) in [6, 6.07) is 10.0. The Kier molecular flexibility index (Phi) is 8.69. The molecule has 1 rings (SSSR count). The summed E-state index contributed by atoms with van der Waals surface area (Å²) in [5, 5.41) is 4.74. The minimum atomic E-state index is 0.625. The summed E-state index contributed by atoms with van der Waals surface area (Å²) in [5.41, 5.74) is 1.14. The summed E-state index contributed by atoms with van der Waals surface area (Å²) in [5.74, 6) is 0. The topological polar surface area (TPSA) is 32.7 Å². The zero-order chi connectivity index (χ0) is 13.8. The fraction of sp³-hybridized carbons (Fsp3) is 0.625. The summed E-state index contributed by atoms with van der Waals surface area (Å²) in [7, 11) is 0. The number of hydrogen-bond donors (Lipinski definition) is 0. The van der Waals surface area contributed by atoms with Crippen molar-refractivity contribution in [2.45, 2.75) is 58.4 Å². The molecule has 0 aliphatic carbocycles. The van der Waals surface area contributed by atoms with E-state index in [1.54, 1.807) is 5.01 Å². The van der Waals surface area contributed by atoms with Crippen LogP contribution in [0.1, 0.15) is 57.4 Å². The molecule has 0 heterocycles. The van der Waals surface area contributed by atoms with Crippen LogP contribution in [0.15, 0.2) is 35.6 Å². The molecule has 0 aromatic heterocycles. The van der Waals surface area contributed by atoms with E-state index in [9.17, 15) is 4.91 Å². The Morgan fingerprint density at radius 1 is 0.947 bits per heavy atom.